The van der Waals surface area contributed by atoms with Crippen molar-refractivity contribution in [3.05, 3.63) is 34.9 Å². The lowest BCUT2D eigenvalue weighted by Crippen LogP contribution is -2.33. The van der Waals surface area contributed by atoms with Gasteiger partial charge in [-0.25, -0.2) is 9.59 Å². The lowest BCUT2D eigenvalue weighted by molar-refractivity contribution is -0.142. The molecule has 1 aliphatic rings. The Labute approximate surface area is 115 Å². The highest BCUT2D eigenvalue weighted by molar-refractivity contribution is 6.30. The van der Waals surface area contributed by atoms with E-state index < -0.39 is 18.2 Å². The van der Waals surface area contributed by atoms with Crippen molar-refractivity contribution in [2.75, 3.05) is 6.54 Å². The lowest BCUT2D eigenvalue weighted by atomic mass is 10.2. The smallest absolute Gasteiger partial charge is 0.429 e. The van der Waals surface area contributed by atoms with Gasteiger partial charge in [0, 0.05) is 5.02 Å². The first-order valence-electron chi connectivity index (χ1n) is 6.01. The van der Waals surface area contributed by atoms with Crippen molar-refractivity contribution in [2.24, 2.45) is 0 Å². The van der Waals surface area contributed by atoms with Crippen LogP contribution in [0.2, 0.25) is 5.02 Å². The van der Waals surface area contributed by atoms with E-state index in [1.807, 2.05) is 0 Å². The molecule has 1 fully saturated rings. The summed E-state index contributed by atoms with van der Waals surface area (Å²) >= 11 is 5.73. The SMILES string of the molecule is O=C(OCc1ccc(Cl)cc1)OC(=O)[C@@H]1CCCN1. The maximum absolute atomic E-state index is 11.5. The molecule has 0 unspecified atom stereocenters. The van der Waals surface area contributed by atoms with Crippen molar-refractivity contribution in [2.45, 2.75) is 25.5 Å². The Morgan fingerprint density at radius 3 is 2.68 bits per heavy atom. The fraction of sp³-hybridized carbons (Fsp3) is 0.385. The number of hydrogen-bond donors (Lipinski definition) is 1. The van der Waals surface area contributed by atoms with Gasteiger partial charge in [0.05, 0.1) is 0 Å². The maximum atomic E-state index is 11.5. The zero-order valence-electron chi connectivity index (χ0n) is 10.2. The van der Waals surface area contributed by atoms with Crippen LogP contribution in [0.5, 0.6) is 0 Å². The van der Waals surface area contributed by atoms with E-state index in [0.717, 1.165) is 18.5 Å². The van der Waals surface area contributed by atoms with Gasteiger partial charge in [0.1, 0.15) is 12.6 Å². The average molecular weight is 284 g/mol. The van der Waals surface area contributed by atoms with Crippen LogP contribution in [0.1, 0.15) is 18.4 Å². The van der Waals surface area contributed by atoms with Crippen LogP contribution in [-0.4, -0.2) is 24.7 Å². The molecule has 1 saturated heterocycles. The zero-order chi connectivity index (χ0) is 13.7. The molecule has 0 saturated carbocycles. The molecule has 0 amide bonds. The summed E-state index contributed by atoms with van der Waals surface area (Å²) in [5.74, 6) is -0.585. The van der Waals surface area contributed by atoms with Gasteiger partial charge in [0.2, 0.25) is 0 Å². The number of halogens is 1. The standard InChI is InChI=1S/C13H14ClNO4/c14-10-5-3-9(4-6-10)8-18-13(17)19-12(16)11-2-1-7-15-11/h3-6,11,15H,1-2,7-8H2/t11-/m0/s1. The Bertz CT molecular complexity index is 454. The molecule has 0 spiro atoms. The number of benzene rings is 1. The quantitative estimate of drug-likeness (QED) is 0.681. The topological polar surface area (TPSA) is 64.6 Å². The highest BCUT2D eigenvalue weighted by Crippen LogP contribution is 2.11. The lowest BCUT2D eigenvalue weighted by Gasteiger charge is -2.09. The van der Waals surface area contributed by atoms with Gasteiger partial charge < -0.3 is 14.8 Å². The van der Waals surface area contributed by atoms with Crippen molar-refractivity contribution >= 4 is 23.7 Å². The van der Waals surface area contributed by atoms with Gasteiger partial charge in [0.25, 0.3) is 0 Å². The second-order valence-electron chi connectivity index (χ2n) is 4.24. The zero-order valence-corrected chi connectivity index (χ0v) is 11.0. The second-order valence-corrected chi connectivity index (χ2v) is 4.67. The Hall–Kier alpha value is -1.59. The minimum atomic E-state index is -0.978. The van der Waals surface area contributed by atoms with Crippen LogP contribution in [0.3, 0.4) is 0 Å². The maximum Gasteiger partial charge on any atom is 0.516 e. The summed E-state index contributed by atoms with van der Waals surface area (Å²) in [6.45, 7) is 0.807. The van der Waals surface area contributed by atoms with Gasteiger partial charge in [-0.15, -0.1) is 0 Å². The van der Waals surface area contributed by atoms with Crippen LogP contribution in [-0.2, 0) is 20.9 Å². The van der Waals surface area contributed by atoms with Crippen molar-refractivity contribution < 1.29 is 19.1 Å². The fourth-order valence-corrected chi connectivity index (χ4v) is 1.92. The normalized spacial score (nSPS) is 18.1. The average Bonchev–Trinajstić information content (AvgIpc) is 2.92. The van der Waals surface area contributed by atoms with Crippen molar-refractivity contribution in [1.82, 2.24) is 5.32 Å². The number of rotatable bonds is 3. The first-order chi connectivity index (χ1) is 9.15. The minimum absolute atomic E-state index is 0.0430. The highest BCUT2D eigenvalue weighted by atomic mass is 35.5. The third-order valence-electron chi connectivity index (χ3n) is 2.80. The van der Waals surface area contributed by atoms with E-state index in [1.165, 1.54) is 0 Å². The number of nitrogens with one attached hydrogen (secondary N) is 1. The van der Waals surface area contributed by atoms with Crippen molar-refractivity contribution in [1.29, 1.82) is 0 Å². The summed E-state index contributed by atoms with van der Waals surface area (Å²) in [5, 5.41) is 3.55. The molecule has 1 N–H and O–H groups in total. The van der Waals surface area contributed by atoms with E-state index in [9.17, 15) is 9.59 Å². The Balaban J connectivity index is 1.75. The molecule has 0 aromatic heterocycles. The molecule has 6 heteroatoms. The Morgan fingerprint density at radius 1 is 1.32 bits per heavy atom. The van der Waals surface area contributed by atoms with Crippen LogP contribution in [0.25, 0.3) is 0 Å². The fourth-order valence-electron chi connectivity index (χ4n) is 1.79. The molecule has 0 bridgehead atoms. The van der Waals surface area contributed by atoms with E-state index in [-0.39, 0.29) is 6.61 Å². The van der Waals surface area contributed by atoms with Crippen molar-refractivity contribution in [3.63, 3.8) is 0 Å². The summed E-state index contributed by atoms with van der Waals surface area (Å²) in [7, 11) is 0. The van der Waals surface area contributed by atoms with E-state index in [4.69, 9.17) is 16.3 Å². The van der Waals surface area contributed by atoms with Crippen molar-refractivity contribution in [3.8, 4) is 0 Å². The predicted molar refractivity (Wildman–Crippen MR) is 68.8 cm³/mol. The number of carbonyl (C=O) groups is 2. The molecule has 0 aliphatic carbocycles. The Kier molecular flexibility index (Phi) is 4.76. The van der Waals surface area contributed by atoms with E-state index in [2.05, 4.69) is 10.1 Å². The van der Waals surface area contributed by atoms with Gasteiger partial charge in [-0.3, -0.25) is 0 Å². The molecule has 1 heterocycles. The van der Waals surface area contributed by atoms with Crippen LogP contribution < -0.4 is 5.32 Å². The van der Waals surface area contributed by atoms with Crippen LogP contribution in [0, 0.1) is 0 Å². The largest absolute Gasteiger partial charge is 0.516 e. The molecule has 0 radical (unpaired) electrons. The van der Waals surface area contributed by atoms with Gasteiger partial charge in [0.15, 0.2) is 0 Å². The molecule has 1 aliphatic heterocycles. The third kappa shape index (κ3) is 4.22. The second kappa shape index (κ2) is 6.54. The van der Waals surface area contributed by atoms with Crippen LogP contribution >= 0.6 is 11.6 Å². The third-order valence-corrected chi connectivity index (χ3v) is 3.05. The number of esters is 1. The summed E-state index contributed by atoms with van der Waals surface area (Å²) in [6, 6.07) is 6.45. The first-order valence-corrected chi connectivity index (χ1v) is 6.39. The number of carbonyl (C=O) groups excluding carboxylic acids is 2. The van der Waals surface area contributed by atoms with Gasteiger partial charge in [-0.1, -0.05) is 23.7 Å². The monoisotopic (exact) mass is 283 g/mol. The van der Waals surface area contributed by atoms with Gasteiger partial charge in [-0.05, 0) is 37.1 Å². The van der Waals surface area contributed by atoms with E-state index in [1.54, 1.807) is 24.3 Å². The number of hydrogen-bond acceptors (Lipinski definition) is 5. The molecule has 2 rings (SSSR count). The molecular weight excluding hydrogens is 270 g/mol. The molecular formula is C13H14ClNO4. The molecule has 19 heavy (non-hydrogen) atoms. The van der Waals surface area contributed by atoms with E-state index >= 15 is 0 Å². The summed E-state index contributed by atoms with van der Waals surface area (Å²) in [4.78, 5) is 22.8. The molecule has 5 nitrogen and oxygen atoms in total. The van der Waals surface area contributed by atoms with Gasteiger partial charge in [-0.2, -0.15) is 0 Å². The van der Waals surface area contributed by atoms with Gasteiger partial charge >= 0.3 is 12.1 Å². The first kappa shape index (κ1) is 13.8. The summed E-state index contributed by atoms with van der Waals surface area (Å²) < 4.78 is 9.44. The molecule has 1 aromatic rings. The minimum Gasteiger partial charge on any atom is -0.429 e. The number of ether oxygens (including phenoxy) is 2. The summed E-state index contributed by atoms with van der Waals surface area (Å²) in [5.41, 5.74) is 0.771. The Morgan fingerprint density at radius 2 is 2.05 bits per heavy atom. The van der Waals surface area contributed by atoms with Crippen LogP contribution in [0.15, 0.2) is 24.3 Å². The molecule has 1 atom stereocenters. The molecule has 102 valence electrons. The highest BCUT2D eigenvalue weighted by Gasteiger charge is 2.26. The van der Waals surface area contributed by atoms with E-state index in [0.29, 0.717) is 11.4 Å². The molecule has 1 aromatic carbocycles. The van der Waals surface area contributed by atoms with Crippen LogP contribution in [0.4, 0.5) is 4.79 Å². The predicted octanol–water partition coefficient (Wildman–Crippen LogP) is 2.27. The summed E-state index contributed by atoms with van der Waals surface area (Å²) in [6.07, 6.45) is 0.608.